The van der Waals surface area contributed by atoms with Crippen molar-refractivity contribution in [1.82, 2.24) is 14.9 Å². The molecule has 1 N–H and O–H groups in total. The van der Waals surface area contributed by atoms with Gasteiger partial charge in [-0.25, -0.2) is 9.78 Å². The minimum Gasteiger partial charge on any atom is -0.452 e. The number of hydrogen-bond acceptors (Lipinski definition) is 7. The summed E-state index contributed by atoms with van der Waals surface area (Å²) in [6.07, 6.45) is 3.45. The van der Waals surface area contributed by atoms with E-state index in [0.29, 0.717) is 17.2 Å². The molecule has 8 heteroatoms. The molecule has 0 saturated heterocycles. The van der Waals surface area contributed by atoms with Crippen LogP contribution in [0.5, 0.6) is 0 Å². The fourth-order valence-corrected chi connectivity index (χ4v) is 4.18. The molecule has 0 fully saturated rings. The molecular weight excluding hydrogens is 388 g/mol. The maximum Gasteiger partial charge on any atom is 0.339 e. The number of rotatable bonds is 6. The number of ether oxygens (including phenoxy) is 1. The van der Waals surface area contributed by atoms with Gasteiger partial charge in [-0.15, -0.1) is 11.3 Å². The molecule has 29 heavy (non-hydrogen) atoms. The molecule has 3 heterocycles. The van der Waals surface area contributed by atoms with Crippen molar-refractivity contribution in [2.75, 3.05) is 25.0 Å². The second-order valence-corrected chi connectivity index (χ2v) is 7.81. The lowest BCUT2D eigenvalue weighted by atomic mass is 9.95. The number of carbonyl (C=O) groups excluding carboxylic acids is 2. The van der Waals surface area contributed by atoms with E-state index >= 15 is 0 Å². The van der Waals surface area contributed by atoms with E-state index < -0.39 is 11.9 Å². The summed E-state index contributed by atoms with van der Waals surface area (Å²) in [6.45, 7) is 4.34. The summed E-state index contributed by atoms with van der Waals surface area (Å²) < 4.78 is 5.39. The maximum absolute atomic E-state index is 13.0. The van der Waals surface area contributed by atoms with Crippen molar-refractivity contribution in [2.45, 2.75) is 26.3 Å². The van der Waals surface area contributed by atoms with Gasteiger partial charge in [0.2, 0.25) is 0 Å². The minimum atomic E-state index is -0.493. The van der Waals surface area contributed by atoms with E-state index in [1.165, 1.54) is 11.3 Å². The Morgan fingerprint density at radius 3 is 2.97 bits per heavy atom. The molecule has 1 aliphatic heterocycles. The fraction of sp³-hybridized carbons (Fsp3) is 0.333. The van der Waals surface area contributed by atoms with Crippen LogP contribution >= 0.6 is 11.3 Å². The van der Waals surface area contributed by atoms with Gasteiger partial charge in [-0.1, -0.05) is 25.1 Å². The number of anilines is 1. The summed E-state index contributed by atoms with van der Waals surface area (Å²) in [6, 6.07) is 7.58. The zero-order valence-corrected chi connectivity index (χ0v) is 17.0. The van der Waals surface area contributed by atoms with E-state index in [9.17, 15) is 9.59 Å². The summed E-state index contributed by atoms with van der Waals surface area (Å²) in [7, 11) is 0. The third-order valence-electron chi connectivity index (χ3n) is 4.88. The highest BCUT2D eigenvalue weighted by atomic mass is 32.1. The molecule has 0 atom stereocenters. The quantitative estimate of drug-likeness (QED) is 0.628. The lowest BCUT2D eigenvalue weighted by Crippen LogP contribution is -2.33. The van der Waals surface area contributed by atoms with Crippen LogP contribution in [0.3, 0.4) is 0 Å². The van der Waals surface area contributed by atoms with Crippen molar-refractivity contribution >= 4 is 39.2 Å². The smallest absolute Gasteiger partial charge is 0.339 e. The predicted octanol–water partition coefficient (Wildman–Crippen LogP) is 3.25. The summed E-state index contributed by atoms with van der Waals surface area (Å²) in [5, 5.41) is 5.62. The summed E-state index contributed by atoms with van der Waals surface area (Å²) in [5.74, 6) is -0.902. The van der Waals surface area contributed by atoms with Crippen LogP contribution in [0.2, 0.25) is 0 Å². The number of esters is 1. The average molecular weight is 410 g/mol. The number of benzene rings is 1. The van der Waals surface area contributed by atoms with Crippen LogP contribution < -0.4 is 5.32 Å². The van der Waals surface area contributed by atoms with Gasteiger partial charge in [0.1, 0.15) is 0 Å². The van der Waals surface area contributed by atoms with Crippen LogP contribution in [0.4, 0.5) is 5.13 Å². The predicted molar refractivity (Wildman–Crippen MR) is 112 cm³/mol. The second kappa shape index (κ2) is 8.67. The number of carbonyl (C=O) groups is 2. The number of pyridine rings is 1. The SMILES string of the molecule is CCCN1CCc2nc3ccccc3c(C(=O)OCC(=O)Nc3nccs3)c2C1. The van der Waals surface area contributed by atoms with E-state index in [-0.39, 0.29) is 6.61 Å². The Morgan fingerprint density at radius 2 is 2.17 bits per heavy atom. The first-order valence-corrected chi connectivity index (χ1v) is 10.5. The van der Waals surface area contributed by atoms with Gasteiger partial charge in [-0.2, -0.15) is 0 Å². The molecule has 0 bridgehead atoms. The van der Waals surface area contributed by atoms with Gasteiger partial charge in [0.15, 0.2) is 11.7 Å². The zero-order valence-electron chi connectivity index (χ0n) is 16.2. The van der Waals surface area contributed by atoms with Gasteiger partial charge in [0.25, 0.3) is 5.91 Å². The van der Waals surface area contributed by atoms with Crippen molar-refractivity contribution in [3.63, 3.8) is 0 Å². The van der Waals surface area contributed by atoms with Crippen molar-refractivity contribution < 1.29 is 14.3 Å². The Morgan fingerprint density at radius 1 is 1.31 bits per heavy atom. The Kier molecular flexibility index (Phi) is 5.82. The maximum atomic E-state index is 13.0. The molecule has 4 rings (SSSR count). The van der Waals surface area contributed by atoms with E-state index in [2.05, 4.69) is 22.1 Å². The third kappa shape index (κ3) is 4.28. The van der Waals surface area contributed by atoms with E-state index in [0.717, 1.165) is 48.1 Å². The number of amides is 1. The van der Waals surface area contributed by atoms with Gasteiger partial charge in [0, 0.05) is 47.7 Å². The van der Waals surface area contributed by atoms with E-state index in [1.807, 2.05) is 24.3 Å². The normalized spacial score (nSPS) is 13.8. The second-order valence-electron chi connectivity index (χ2n) is 6.92. The monoisotopic (exact) mass is 410 g/mol. The van der Waals surface area contributed by atoms with Crippen molar-refractivity contribution in [3.05, 3.63) is 52.7 Å². The highest BCUT2D eigenvalue weighted by molar-refractivity contribution is 7.13. The molecule has 0 unspecified atom stereocenters. The molecule has 1 amide bonds. The van der Waals surface area contributed by atoms with Crippen LogP contribution in [0.1, 0.15) is 35.0 Å². The van der Waals surface area contributed by atoms with Crippen molar-refractivity contribution in [3.8, 4) is 0 Å². The first-order valence-electron chi connectivity index (χ1n) is 9.65. The summed E-state index contributed by atoms with van der Waals surface area (Å²) >= 11 is 1.31. The molecule has 1 aromatic carbocycles. The number of hydrogen-bond donors (Lipinski definition) is 1. The van der Waals surface area contributed by atoms with Crippen LogP contribution in [0.15, 0.2) is 35.8 Å². The number of thiazole rings is 1. The van der Waals surface area contributed by atoms with Gasteiger partial charge in [-0.05, 0) is 19.0 Å². The van der Waals surface area contributed by atoms with E-state index in [4.69, 9.17) is 9.72 Å². The Hall–Kier alpha value is -2.84. The Bertz CT molecular complexity index is 1040. The Labute approximate surface area is 172 Å². The van der Waals surface area contributed by atoms with Crippen LogP contribution in [0, 0.1) is 0 Å². The highest BCUT2D eigenvalue weighted by Crippen LogP contribution is 2.29. The van der Waals surface area contributed by atoms with Crippen LogP contribution in [-0.2, 0) is 22.5 Å². The van der Waals surface area contributed by atoms with Gasteiger partial charge >= 0.3 is 5.97 Å². The molecule has 0 aliphatic carbocycles. The van der Waals surface area contributed by atoms with E-state index in [1.54, 1.807) is 11.6 Å². The molecule has 2 aromatic heterocycles. The van der Waals surface area contributed by atoms with Gasteiger partial charge in [0.05, 0.1) is 11.1 Å². The number of fused-ring (bicyclic) bond motifs is 2. The van der Waals surface area contributed by atoms with Gasteiger partial charge < -0.3 is 4.74 Å². The number of nitrogens with zero attached hydrogens (tertiary/aromatic N) is 3. The van der Waals surface area contributed by atoms with Crippen LogP contribution in [0.25, 0.3) is 10.9 Å². The van der Waals surface area contributed by atoms with Crippen molar-refractivity contribution in [2.24, 2.45) is 0 Å². The van der Waals surface area contributed by atoms with Crippen LogP contribution in [-0.4, -0.2) is 46.4 Å². The lowest BCUT2D eigenvalue weighted by Gasteiger charge is -2.29. The average Bonchev–Trinajstić information content (AvgIpc) is 3.23. The summed E-state index contributed by atoms with van der Waals surface area (Å²) in [4.78, 5) is 36.2. The number of para-hydroxylation sites is 1. The minimum absolute atomic E-state index is 0.359. The lowest BCUT2D eigenvalue weighted by molar-refractivity contribution is -0.119. The molecular formula is C21H22N4O3S. The zero-order chi connectivity index (χ0) is 20.2. The molecule has 1 aliphatic rings. The first-order chi connectivity index (χ1) is 14.2. The first kappa shape index (κ1) is 19.5. The largest absolute Gasteiger partial charge is 0.452 e. The van der Waals surface area contributed by atoms with Gasteiger partial charge in [-0.3, -0.25) is 20.0 Å². The fourth-order valence-electron chi connectivity index (χ4n) is 3.63. The highest BCUT2D eigenvalue weighted by Gasteiger charge is 2.26. The third-order valence-corrected chi connectivity index (χ3v) is 5.57. The Balaban J connectivity index is 1.60. The standard InChI is InChI=1S/C21H22N4O3S/c1-2-9-25-10-7-17-15(12-25)19(14-5-3-4-6-16(14)23-17)20(27)28-13-18(26)24-21-22-8-11-29-21/h3-6,8,11H,2,7,9-10,12-13H2,1H3,(H,22,24,26). The molecule has 150 valence electrons. The number of nitrogens with one attached hydrogen (secondary N) is 1. The molecule has 0 spiro atoms. The van der Waals surface area contributed by atoms with Crippen molar-refractivity contribution in [1.29, 1.82) is 0 Å². The number of aromatic nitrogens is 2. The molecule has 0 saturated carbocycles. The molecule has 3 aromatic rings. The summed E-state index contributed by atoms with van der Waals surface area (Å²) in [5.41, 5.74) is 3.15. The molecule has 0 radical (unpaired) electrons. The topological polar surface area (TPSA) is 84.4 Å². The molecule has 7 nitrogen and oxygen atoms in total.